The van der Waals surface area contributed by atoms with E-state index in [2.05, 4.69) is 6.92 Å². The van der Waals surface area contributed by atoms with Gasteiger partial charge in [0.2, 0.25) is 0 Å². The number of rotatable bonds is 14. The Balaban J connectivity index is 1.81. The Morgan fingerprint density at radius 1 is 0.952 bits per heavy atom. The lowest BCUT2D eigenvalue weighted by Crippen LogP contribution is -2.12. The van der Waals surface area contributed by atoms with Crippen LogP contribution in [0.15, 0.2) is 16.5 Å². The third-order valence-electron chi connectivity index (χ3n) is 2.58. The number of furan rings is 1. The van der Waals surface area contributed by atoms with Gasteiger partial charge in [-0.15, -0.1) is 0 Å². The van der Waals surface area contributed by atoms with E-state index in [9.17, 15) is 4.79 Å². The molecule has 0 saturated heterocycles. The van der Waals surface area contributed by atoms with Crippen molar-refractivity contribution in [2.45, 2.75) is 19.8 Å². The summed E-state index contributed by atoms with van der Waals surface area (Å²) in [4.78, 5) is 10.4. The number of hydrogen-bond acceptors (Lipinski definition) is 6. The molecule has 0 aliphatic heterocycles. The van der Waals surface area contributed by atoms with Crippen LogP contribution in [0.5, 0.6) is 5.95 Å². The summed E-state index contributed by atoms with van der Waals surface area (Å²) in [6, 6.07) is 3.16. The maximum atomic E-state index is 10.4. The number of carbonyl (C=O) groups excluding carboxylic acids is 1. The van der Waals surface area contributed by atoms with Gasteiger partial charge in [0.1, 0.15) is 6.61 Å². The molecule has 21 heavy (non-hydrogen) atoms. The number of hydrogen-bond donors (Lipinski definition) is 0. The molecule has 1 aromatic rings. The van der Waals surface area contributed by atoms with Crippen LogP contribution >= 0.6 is 0 Å². The highest BCUT2D eigenvalue weighted by Crippen LogP contribution is 2.13. The van der Waals surface area contributed by atoms with Crippen molar-refractivity contribution in [3.63, 3.8) is 0 Å². The normalized spacial score (nSPS) is 10.7. The predicted octanol–water partition coefficient (Wildman–Crippen LogP) is 2.32. The Hall–Kier alpha value is -1.37. The predicted molar refractivity (Wildman–Crippen MR) is 77.0 cm³/mol. The van der Waals surface area contributed by atoms with Crippen LogP contribution in [-0.2, 0) is 14.2 Å². The Morgan fingerprint density at radius 3 is 2.14 bits per heavy atom. The zero-order valence-corrected chi connectivity index (χ0v) is 12.5. The van der Waals surface area contributed by atoms with Crippen molar-refractivity contribution >= 4 is 6.29 Å². The molecule has 6 nitrogen and oxygen atoms in total. The van der Waals surface area contributed by atoms with Gasteiger partial charge in [-0.2, -0.15) is 0 Å². The van der Waals surface area contributed by atoms with Crippen LogP contribution in [-0.4, -0.2) is 52.5 Å². The molecule has 0 amide bonds. The summed E-state index contributed by atoms with van der Waals surface area (Å²) < 4.78 is 26.3. The molecule has 1 heterocycles. The third kappa shape index (κ3) is 9.23. The fourth-order valence-corrected chi connectivity index (χ4v) is 1.46. The van der Waals surface area contributed by atoms with Gasteiger partial charge < -0.3 is 23.4 Å². The van der Waals surface area contributed by atoms with Gasteiger partial charge in [0, 0.05) is 12.7 Å². The second kappa shape index (κ2) is 12.4. The standard InChI is InChI=1S/C15H24O6/c1-2-3-6-17-7-8-18-9-10-19-11-12-20-15-5-4-14(13-16)21-15/h4-5,13H,2-3,6-12H2,1H3. The van der Waals surface area contributed by atoms with Gasteiger partial charge in [0.05, 0.1) is 33.0 Å². The maximum Gasteiger partial charge on any atom is 0.284 e. The lowest BCUT2D eigenvalue weighted by atomic mass is 10.4. The largest absolute Gasteiger partial charge is 0.463 e. The molecule has 0 radical (unpaired) electrons. The zero-order valence-electron chi connectivity index (χ0n) is 12.5. The monoisotopic (exact) mass is 300 g/mol. The van der Waals surface area contributed by atoms with Crippen LogP contribution in [0.4, 0.5) is 0 Å². The minimum atomic E-state index is 0.250. The Kier molecular flexibility index (Phi) is 10.4. The molecule has 0 bridgehead atoms. The van der Waals surface area contributed by atoms with E-state index < -0.39 is 0 Å². The second-order valence-electron chi connectivity index (χ2n) is 4.31. The molecule has 0 N–H and O–H groups in total. The lowest BCUT2D eigenvalue weighted by molar-refractivity contribution is 0.00765. The first kappa shape index (κ1) is 17.7. The number of unbranched alkanes of at least 4 members (excludes halogenated alkanes) is 1. The quantitative estimate of drug-likeness (QED) is 0.388. The minimum Gasteiger partial charge on any atom is -0.463 e. The molecule has 0 unspecified atom stereocenters. The van der Waals surface area contributed by atoms with E-state index in [1.165, 1.54) is 0 Å². The Morgan fingerprint density at radius 2 is 1.57 bits per heavy atom. The highest BCUT2D eigenvalue weighted by Gasteiger charge is 2.01. The second-order valence-corrected chi connectivity index (χ2v) is 4.31. The molecule has 0 spiro atoms. The van der Waals surface area contributed by atoms with Gasteiger partial charge in [-0.3, -0.25) is 4.79 Å². The van der Waals surface area contributed by atoms with E-state index in [-0.39, 0.29) is 5.76 Å². The van der Waals surface area contributed by atoms with Gasteiger partial charge in [-0.05, 0) is 12.5 Å². The molecule has 0 aliphatic carbocycles. The van der Waals surface area contributed by atoms with Crippen molar-refractivity contribution in [2.24, 2.45) is 0 Å². The molecule has 0 saturated carbocycles. The van der Waals surface area contributed by atoms with Crippen LogP contribution in [0.25, 0.3) is 0 Å². The van der Waals surface area contributed by atoms with E-state index >= 15 is 0 Å². The fourth-order valence-electron chi connectivity index (χ4n) is 1.46. The number of ether oxygens (including phenoxy) is 4. The molecule has 0 aromatic carbocycles. The number of carbonyl (C=O) groups is 1. The van der Waals surface area contributed by atoms with Crippen molar-refractivity contribution < 1.29 is 28.2 Å². The summed E-state index contributed by atoms with van der Waals surface area (Å²) in [5.41, 5.74) is 0. The van der Waals surface area contributed by atoms with Gasteiger partial charge in [-0.25, -0.2) is 0 Å². The van der Waals surface area contributed by atoms with Crippen LogP contribution in [0.3, 0.4) is 0 Å². The Bertz CT molecular complexity index is 363. The Labute approximate surface area is 125 Å². The van der Waals surface area contributed by atoms with E-state index in [0.717, 1.165) is 19.4 Å². The zero-order chi connectivity index (χ0) is 15.2. The van der Waals surface area contributed by atoms with Crippen molar-refractivity contribution in [2.75, 3.05) is 46.2 Å². The molecular formula is C15H24O6. The minimum absolute atomic E-state index is 0.250. The molecule has 0 aliphatic rings. The van der Waals surface area contributed by atoms with Gasteiger partial charge in [0.15, 0.2) is 12.0 Å². The molecule has 120 valence electrons. The summed E-state index contributed by atoms with van der Waals surface area (Å²) in [6.45, 7) is 5.99. The molecule has 0 atom stereocenters. The summed E-state index contributed by atoms with van der Waals surface area (Å²) in [7, 11) is 0. The lowest BCUT2D eigenvalue weighted by Gasteiger charge is -2.06. The van der Waals surface area contributed by atoms with E-state index in [1.54, 1.807) is 12.1 Å². The molecule has 1 aromatic heterocycles. The van der Waals surface area contributed by atoms with Gasteiger partial charge >= 0.3 is 0 Å². The molecule has 6 heteroatoms. The fraction of sp³-hybridized carbons (Fsp3) is 0.667. The SMILES string of the molecule is CCCCOCCOCCOCCOc1ccc(C=O)o1. The average Bonchev–Trinajstić information content (AvgIpc) is 2.96. The van der Waals surface area contributed by atoms with Gasteiger partial charge in [0.25, 0.3) is 5.95 Å². The van der Waals surface area contributed by atoms with Crippen LogP contribution in [0.2, 0.25) is 0 Å². The summed E-state index contributed by atoms with van der Waals surface area (Å²) in [5, 5.41) is 0. The van der Waals surface area contributed by atoms with Crippen LogP contribution < -0.4 is 4.74 Å². The summed E-state index contributed by atoms with van der Waals surface area (Å²) >= 11 is 0. The maximum absolute atomic E-state index is 10.4. The smallest absolute Gasteiger partial charge is 0.284 e. The first-order chi connectivity index (χ1) is 10.4. The average molecular weight is 300 g/mol. The summed E-state index contributed by atoms with van der Waals surface area (Å²) in [5.74, 6) is 0.571. The first-order valence-electron chi connectivity index (χ1n) is 7.28. The highest BCUT2D eigenvalue weighted by molar-refractivity contribution is 5.70. The molecule has 1 rings (SSSR count). The van der Waals surface area contributed by atoms with Crippen LogP contribution in [0, 0.1) is 0 Å². The van der Waals surface area contributed by atoms with Crippen molar-refractivity contribution in [1.82, 2.24) is 0 Å². The third-order valence-corrected chi connectivity index (χ3v) is 2.58. The van der Waals surface area contributed by atoms with Crippen molar-refractivity contribution in [3.05, 3.63) is 17.9 Å². The topological polar surface area (TPSA) is 67.1 Å². The molecule has 0 fully saturated rings. The van der Waals surface area contributed by atoms with E-state index in [1.807, 2.05) is 0 Å². The highest BCUT2D eigenvalue weighted by atomic mass is 16.6. The van der Waals surface area contributed by atoms with E-state index in [4.69, 9.17) is 23.4 Å². The van der Waals surface area contributed by atoms with Gasteiger partial charge in [-0.1, -0.05) is 13.3 Å². The van der Waals surface area contributed by atoms with Crippen molar-refractivity contribution in [3.8, 4) is 5.95 Å². The van der Waals surface area contributed by atoms with Crippen molar-refractivity contribution in [1.29, 1.82) is 0 Å². The van der Waals surface area contributed by atoms with E-state index in [0.29, 0.717) is 51.9 Å². The molecular weight excluding hydrogens is 276 g/mol. The first-order valence-corrected chi connectivity index (χ1v) is 7.28. The summed E-state index contributed by atoms with van der Waals surface area (Å²) in [6.07, 6.45) is 2.87. The number of aldehydes is 1. The van der Waals surface area contributed by atoms with Crippen LogP contribution in [0.1, 0.15) is 30.3 Å².